The predicted octanol–water partition coefficient (Wildman–Crippen LogP) is 5.97. The van der Waals surface area contributed by atoms with E-state index in [-0.39, 0.29) is 12.1 Å². The van der Waals surface area contributed by atoms with Crippen molar-refractivity contribution < 1.29 is 14.0 Å². The molecule has 0 aliphatic carbocycles. The van der Waals surface area contributed by atoms with Crippen LogP contribution in [-0.4, -0.2) is 23.6 Å². The quantitative estimate of drug-likeness (QED) is 0.267. The Morgan fingerprint density at radius 3 is 2.34 bits per heavy atom. The summed E-state index contributed by atoms with van der Waals surface area (Å²) in [4.78, 5) is 29.2. The second kappa shape index (κ2) is 11.0. The van der Waals surface area contributed by atoms with Crippen LogP contribution < -0.4 is 21.3 Å². The van der Waals surface area contributed by atoms with Gasteiger partial charge in [-0.2, -0.15) is 0 Å². The molecule has 3 aromatic carbocycles. The van der Waals surface area contributed by atoms with Crippen LogP contribution >= 0.6 is 0 Å². The first-order valence-corrected chi connectivity index (χ1v) is 11.3. The molecule has 1 aromatic heterocycles. The van der Waals surface area contributed by atoms with Crippen molar-refractivity contribution in [3.05, 3.63) is 95.9 Å². The maximum Gasteiger partial charge on any atom is 0.323 e. The van der Waals surface area contributed by atoms with E-state index < -0.39 is 0 Å². The molecule has 4 N–H and O–H groups in total. The van der Waals surface area contributed by atoms with E-state index in [1.807, 2.05) is 62.4 Å². The zero-order valence-corrected chi connectivity index (χ0v) is 19.6. The number of carbonyl (C=O) groups excluding carboxylic acids is 2. The van der Waals surface area contributed by atoms with E-state index in [1.165, 1.54) is 5.56 Å². The lowest BCUT2D eigenvalue weighted by Crippen LogP contribution is -2.30. The molecule has 0 spiro atoms. The molecular formula is C27H27N5O3. The topological polar surface area (TPSA) is 108 Å². The lowest BCUT2D eigenvalue weighted by atomic mass is 10.1. The Hall–Kier alpha value is -4.59. The minimum atomic E-state index is -0.368. The molecule has 4 rings (SSSR count). The van der Waals surface area contributed by atoms with Crippen molar-refractivity contribution in [2.45, 2.75) is 20.3 Å². The van der Waals surface area contributed by atoms with Gasteiger partial charge < -0.3 is 25.7 Å². The Kier molecular flexibility index (Phi) is 7.42. The van der Waals surface area contributed by atoms with E-state index in [0.717, 1.165) is 16.8 Å². The van der Waals surface area contributed by atoms with Gasteiger partial charge in [-0.15, -0.1) is 0 Å². The van der Waals surface area contributed by atoms with Crippen molar-refractivity contribution in [2.75, 3.05) is 22.5 Å². The molecule has 0 aliphatic heterocycles. The van der Waals surface area contributed by atoms with Gasteiger partial charge in [0.15, 0.2) is 0 Å². The summed E-state index contributed by atoms with van der Waals surface area (Å²) in [5.41, 5.74) is 5.56. The highest BCUT2D eigenvalue weighted by molar-refractivity contribution is 6.00. The van der Waals surface area contributed by atoms with Crippen molar-refractivity contribution in [1.82, 2.24) is 10.3 Å². The van der Waals surface area contributed by atoms with E-state index in [2.05, 4.69) is 26.3 Å². The highest BCUT2D eigenvalue weighted by Gasteiger charge is 2.10. The van der Waals surface area contributed by atoms with Crippen LogP contribution in [0.4, 0.5) is 26.7 Å². The first-order chi connectivity index (χ1) is 17.0. The standard InChI is InChI=1S/C27H27N5O3/c1-18-8-11-20(12-9-18)25-29-23(17-35-25)14-15-28-26(33)32-24-16-22(13-10-19(24)2)31-27(34)30-21-6-4-3-5-7-21/h3-13,16-17H,14-15H2,1-2H3,(H2,28,32,33)(H2,30,31,34). The summed E-state index contributed by atoms with van der Waals surface area (Å²) in [5, 5.41) is 11.2. The highest BCUT2D eigenvalue weighted by Crippen LogP contribution is 2.21. The van der Waals surface area contributed by atoms with Crippen molar-refractivity contribution >= 4 is 29.1 Å². The number of nitrogens with one attached hydrogen (secondary N) is 4. The summed E-state index contributed by atoms with van der Waals surface area (Å²) in [6.45, 7) is 4.30. The Morgan fingerprint density at radius 2 is 1.57 bits per heavy atom. The SMILES string of the molecule is Cc1ccc(-c2nc(CCNC(=O)Nc3cc(NC(=O)Nc4ccccc4)ccc3C)co2)cc1. The number of hydrogen-bond donors (Lipinski definition) is 4. The Labute approximate surface area is 203 Å². The minimum Gasteiger partial charge on any atom is -0.444 e. The number of urea groups is 2. The van der Waals surface area contributed by atoms with Crippen LogP contribution in [0.2, 0.25) is 0 Å². The minimum absolute atomic E-state index is 0.346. The third-order valence-electron chi connectivity index (χ3n) is 5.29. The molecule has 8 heteroatoms. The molecule has 1 heterocycles. The van der Waals surface area contributed by atoms with Crippen LogP contribution in [0.5, 0.6) is 0 Å². The van der Waals surface area contributed by atoms with Gasteiger partial charge in [0.25, 0.3) is 0 Å². The number of nitrogens with zero attached hydrogens (tertiary/aromatic N) is 1. The molecule has 0 atom stereocenters. The monoisotopic (exact) mass is 469 g/mol. The first kappa shape index (κ1) is 23.6. The Balaban J connectivity index is 1.27. The van der Waals surface area contributed by atoms with E-state index in [9.17, 15) is 9.59 Å². The molecule has 178 valence electrons. The largest absolute Gasteiger partial charge is 0.444 e. The second-order valence-electron chi connectivity index (χ2n) is 8.12. The normalized spacial score (nSPS) is 10.5. The van der Waals surface area contributed by atoms with Gasteiger partial charge in [0.05, 0.1) is 5.69 Å². The molecule has 0 saturated heterocycles. The lowest BCUT2D eigenvalue weighted by Gasteiger charge is -2.13. The molecule has 8 nitrogen and oxygen atoms in total. The maximum atomic E-state index is 12.4. The summed E-state index contributed by atoms with van der Waals surface area (Å²) < 4.78 is 5.56. The molecule has 0 bridgehead atoms. The van der Waals surface area contributed by atoms with Gasteiger partial charge in [-0.05, 0) is 55.8 Å². The molecule has 0 fully saturated rings. The van der Waals surface area contributed by atoms with Crippen LogP contribution in [0.25, 0.3) is 11.5 Å². The molecule has 0 saturated carbocycles. The third-order valence-corrected chi connectivity index (χ3v) is 5.29. The van der Waals surface area contributed by atoms with Crippen molar-refractivity contribution in [3.63, 3.8) is 0 Å². The average Bonchev–Trinajstić information content (AvgIpc) is 3.31. The summed E-state index contributed by atoms with van der Waals surface area (Å²) in [6, 6.07) is 21.7. The highest BCUT2D eigenvalue weighted by atomic mass is 16.3. The smallest absolute Gasteiger partial charge is 0.323 e. The van der Waals surface area contributed by atoms with Crippen LogP contribution in [0, 0.1) is 13.8 Å². The van der Waals surface area contributed by atoms with Gasteiger partial charge in [0.1, 0.15) is 6.26 Å². The van der Waals surface area contributed by atoms with Gasteiger partial charge in [0, 0.05) is 35.6 Å². The summed E-state index contributed by atoms with van der Waals surface area (Å²) >= 11 is 0. The van der Waals surface area contributed by atoms with Crippen LogP contribution in [0.1, 0.15) is 16.8 Å². The second-order valence-corrected chi connectivity index (χ2v) is 8.12. The van der Waals surface area contributed by atoms with Crippen LogP contribution in [0.15, 0.2) is 83.5 Å². The number of anilines is 3. The van der Waals surface area contributed by atoms with E-state index >= 15 is 0 Å². The van der Waals surface area contributed by atoms with Crippen molar-refractivity contribution in [2.24, 2.45) is 0 Å². The third kappa shape index (κ3) is 6.70. The Morgan fingerprint density at radius 1 is 0.829 bits per heavy atom. The van der Waals surface area contributed by atoms with Crippen molar-refractivity contribution in [3.8, 4) is 11.5 Å². The number of carbonyl (C=O) groups is 2. The number of amides is 4. The zero-order valence-electron chi connectivity index (χ0n) is 19.6. The number of benzene rings is 3. The van der Waals surface area contributed by atoms with E-state index in [0.29, 0.717) is 35.9 Å². The Bertz CT molecular complexity index is 1300. The fourth-order valence-corrected chi connectivity index (χ4v) is 3.37. The van der Waals surface area contributed by atoms with Gasteiger partial charge in [-0.3, -0.25) is 0 Å². The maximum absolute atomic E-state index is 12.4. The van der Waals surface area contributed by atoms with E-state index in [1.54, 1.807) is 30.5 Å². The van der Waals surface area contributed by atoms with Gasteiger partial charge in [-0.1, -0.05) is 42.0 Å². The number of hydrogen-bond acceptors (Lipinski definition) is 4. The predicted molar refractivity (Wildman–Crippen MR) is 138 cm³/mol. The summed E-state index contributed by atoms with van der Waals surface area (Å²) in [6.07, 6.45) is 2.14. The molecule has 0 unspecified atom stereocenters. The van der Waals surface area contributed by atoms with Crippen LogP contribution in [-0.2, 0) is 6.42 Å². The number of aromatic nitrogens is 1. The van der Waals surface area contributed by atoms with E-state index in [4.69, 9.17) is 4.42 Å². The summed E-state index contributed by atoms with van der Waals surface area (Å²) in [5.74, 6) is 0.556. The fourth-order valence-electron chi connectivity index (χ4n) is 3.37. The van der Waals surface area contributed by atoms with Gasteiger partial charge >= 0.3 is 12.1 Å². The average molecular weight is 470 g/mol. The molecule has 4 aromatic rings. The molecular weight excluding hydrogens is 442 g/mol. The molecule has 0 radical (unpaired) electrons. The molecule has 0 aliphatic rings. The van der Waals surface area contributed by atoms with Gasteiger partial charge in [0.2, 0.25) is 5.89 Å². The summed E-state index contributed by atoms with van der Waals surface area (Å²) in [7, 11) is 0. The zero-order chi connectivity index (χ0) is 24.6. The number of rotatable bonds is 7. The number of oxazole rings is 1. The number of aryl methyl sites for hydroxylation is 2. The lowest BCUT2D eigenvalue weighted by molar-refractivity contribution is 0.252. The fraction of sp³-hybridized carbons (Fsp3) is 0.148. The number of para-hydroxylation sites is 1. The first-order valence-electron chi connectivity index (χ1n) is 11.3. The molecule has 35 heavy (non-hydrogen) atoms. The van der Waals surface area contributed by atoms with Gasteiger partial charge in [-0.25, -0.2) is 14.6 Å². The molecule has 4 amide bonds. The van der Waals surface area contributed by atoms with Crippen LogP contribution in [0.3, 0.4) is 0 Å². The van der Waals surface area contributed by atoms with Crippen molar-refractivity contribution in [1.29, 1.82) is 0 Å².